The van der Waals surface area contributed by atoms with E-state index in [1.807, 2.05) is 0 Å². The lowest BCUT2D eigenvalue weighted by Gasteiger charge is -2.36. The van der Waals surface area contributed by atoms with Crippen LogP contribution >= 0.6 is 0 Å². The monoisotopic (exact) mass is 347 g/mol. The van der Waals surface area contributed by atoms with Crippen molar-refractivity contribution in [1.82, 2.24) is 15.5 Å². The van der Waals surface area contributed by atoms with E-state index in [1.54, 1.807) is 19.1 Å². The van der Waals surface area contributed by atoms with Crippen molar-refractivity contribution in [2.45, 2.75) is 45.2 Å². The normalized spacial score (nSPS) is 24.6. The second kappa shape index (κ2) is 7.74. The van der Waals surface area contributed by atoms with Crippen molar-refractivity contribution in [3.63, 3.8) is 0 Å². The Bertz CT molecular complexity index is 653. The molecule has 25 heavy (non-hydrogen) atoms. The standard InChI is InChI=1S/C18H25N3O4/c1-3-24-17(22)15-13(11-21-9-5-4-7-12(21)2)19-18(23)20-16(15)14-8-6-10-25-14/h6,8,10,12,16H,3-5,7,9,11H2,1-2H3,(H2,19,20,23)/t12-,16-/m0/s1. The molecule has 3 rings (SSSR count). The van der Waals surface area contributed by atoms with Gasteiger partial charge in [-0.1, -0.05) is 6.42 Å². The summed E-state index contributed by atoms with van der Waals surface area (Å²) in [6.07, 6.45) is 4.99. The highest BCUT2D eigenvalue weighted by atomic mass is 16.5. The molecule has 1 aromatic rings. The third kappa shape index (κ3) is 3.87. The zero-order valence-corrected chi connectivity index (χ0v) is 14.7. The highest BCUT2D eigenvalue weighted by Crippen LogP contribution is 2.29. The Labute approximate surface area is 147 Å². The fourth-order valence-electron chi connectivity index (χ4n) is 3.46. The van der Waals surface area contributed by atoms with Crippen molar-refractivity contribution in [3.8, 4) is 0 Å². The molecule has 7 heteroatoms. The van der Waals surface area contributed by atoms with E-state index in [9.17, 15) is 9.59 Å². The minimum Gasteiger partial charge on any atom is -0.467 e. The van der Waals surface area contributed by atoms with Gasteiger partial charge in [-0.05, 0) is 45.4 Å². The largest absolute Gasteiger partial charge is 0.467 e. The van der Waals surface area contributed by atoms with E-state index in [-0.39, 0.29) is 12.6 Å². The van der Waals surface area contributed by atoms with Gasteiger partial charge in [0.05, 0.1) is 18.4 Å². The topological polar surface area (TPSA) is 83.8 Å². The molecule has 2 aliphatic heterocycles. The molecule has 0 spiro atoms. The number of carbonyl (C=O) groups is 2. The van der Waals surface area contributed by atoms with Crippen LogP contribution in [-0.4, -0.2) is 42.6 Å². The van der Waals surface area contributed by atoms with E-state index < -0.39 is 12.0 Å². The third-order valence-electron chi connectivity index (χ3n) is 4.78. The van der Waals surface area contributed by atoms with Gasteiger partial charge in [0.1, 0.15) is 11.8 Å². The maximum Gasteiger partial charge on any atom is 0.338 e. The number of carbonyl (C=O) groups excluding carboxylic acids is 2. The number of esters is 1. The zero-order valence-electron chi connectivity index (χ0n) is 14.7. The minimum atomic E-state index is -0.641. The summed E-state index contributed by atoms with van der Waals surface area (Å²) >= 11 is 0. The lowest BCUT2D eigenvalue weighted by atomic mass is 9.98. The van der Waals surface area contributed by atoms with E-state index in [1.165, 1.54) is 12.7 Å². The van der Waals surface area contributed by atoms with E-state index in [0.717, 1.165) is 19.4 Å². The van der Waals surface area contributed by atoms with Gasteiger partial charge in [-0.15, -0.1) is 0 Å². The number of ether oxygens (including phenoxy) is 1. The maximum atomic E-state index is 12.6. The van der Waals surface area contributed by atoms with Crippen molar-refractivity contribution in [3.05, 3.63) is 35.4 Å². The molecule has 0 bridgehead atoms. The van der Waals surface area contributed by atoms with E-state index in [4.69, 9.17) is 9.15 Å². The molecule has 0 aliphatic carbocycles. The molecule has 7 nitrogen and oxygen atoms in total. The van der Waals surface area contributed by atoms with Crippen molar-refractivity contribution in [1.29, 1.82) is 0 Å². The Morgan fingerprint density at radius 3 is 2.96 bits per heavy atom. The number of hydrogen-bond acceptors (Lipinski definition) is 5. The van der Waals surface area contributed by atoms with Gasteiger partial charge in [-0.3, -0.25) is 4.90 Å². The molecular formula is C18H25N3O4. The molecule has 0 unspecified atom stereocenters. The molecule has 0 radical (unpaired) electrons. The molecule has 0 aromatic carbocycles. The predicted molar refractivity (Wildman–Crippen MR) is 91.7 cm³/mol. The zero-order chi connectivity index (χ0) is 17.8. The van der Waals surface area contributed by atoms with Crippen molar-refractivity contribution < 1.29 is 18.7 Å². The second-order valence-corrected chi connectivity index (χ2v) is 6.47. The van der Waals surface area contributed by atoms with Crippen LogP contribution in [0.5, 0.6) is 0 Å². The molecule has 1 saturated heterocycles. The number of nitrogens with zero attached hydrogens (tertiary/aromatic N) is 1. The van der Waals surface area contributed by atoms with E-state index >= 15 is 0 Å². The first-order valence-corrected chi connectivity index (χ1v) is 8.85. The molecule has 1 fully saturated rings. The number of nitrogens with one attached hydrogen (secondary N) is 2. The summed E-state index contributed by atoms with van der Waals surface area (Å²) in [5.41, 5.74) is 1.01. The minimum absolute atomic E-state index is 0.272. The smallest absolute Gasteiger partial charge is 0.338 e. The number of furan rings is 1. The third-order valence-corrected chi connectivity index (χ3v) is 4.78. The van der Waals surface area contributed by atoms with Crippen molar-refractivity contribution in [2.75, 3.05) is 19.7 Å². The number of urea groups is 1. The number of likely N-dealkylation sites (tertiary alicyclic amines) is 1. The molecule has 2 amide bonds. The summed E-state index contributed by atoms with van der Waals surface area (Å²) < 4.78 is 10.7. The Kier molecular flexibility index (Phi) is 5.43. The molecule has 2 aliphatic rings. The molecule has 2 atom stereocenters. The van der Waals surface area contributed by atoms with Gasteiger partial charge >= 0.3 is 12.0 Å². The van der Waals surface area contributed by atoms with Crippen LogP contribution in [0.2, 0.25) is 0 Å². The predicted octanol–water partition coefficient (Wildman–Crippen LogP) is 2.33. The fraction of sp³-hybridized carbons (Fsp3) is 0.556. The number of rotatable bonds is 5. The van der Waals surface area contributed by atoms with Crippen LogP contribution < -0.4 is 10.6 Å². The molecule has 0 saturated carbocycles. The Morgan fingerprint density at radius 1 is 1.44 bits per heavy atom. The molecule has 2 N–H and O–H groups in total. The Balaban J connectivity index is 1.95. The van der Waals surface area contributed by atoms with E-state index in [0.29, 0.717) is 29.6 Å². The van der Waals surface area contributed by atoms with Gasteiger partial charge in [-0.25, -0.2) is 9.59 Å². The van der Waals surface area contributed by atoms with Crippen LogP contribution in [-0.2, 0) is 9.53 Å². The van der Waals surface area contributed by atoms with Crippen molar-refractivity contribution >= 4 is 12.0 Å². The summed E-state index contributed by atoms with van der Waals surface area (Å²) in [6, 6.07) is 2.92. The van der Waals surface area contributed by atoms with E-state index in [2.05, 4.69) is 22.5 Å². The summed E-state index contributed by atoms with van der Waals surface area (Å²) in [7, 11) is 0. The van der Waals surface area contributed by atoms with Crippen LogP contribution in [0, 0.1) is 0 Å². The van der Waals surface area contributed by atoms with Crippen LogP contribution in [0.4, 0.5) is 4.79 Å². The maximum absolute atomic E-state index is 12.6. The highest BCUT2D eigenvalue weighted by molar-refractivity contribution is 5.95. The van der Waals surface area contributed by atoms with Crippen LogP contribution in [0.15, 0.2) is 34.1 Å². The number of hydrogen-bond donors (Lipinski definition) is 2. The summed E-state index contributed by atoms with van der Waals surface area (Å²) in [4.78, 5) is 27.1. The molecular weight excluding hydrogens is 322 g/mol. The first-order chi connectivity index (χ1) is 12.1. The fourth-order valence-corrected chi connectivity index (χ4v) is 3.46. The first-order valence-electron chi connectivity index (χ1n) is 8.85. The average Bonchev–Trinajstić information content (AvgIpc) is 3.11. The van der Waals surface area contributed by atoms with Gasteiger partial charge in [0.2, 0.25) is 0 Å². The first kappa shape index (κ1) is 17.5. The van der Waals surface area contributed by atoms with Gasteiger partial charge < -0.3 is 19.8 Å². The lowest BCUT2D eigenvalue weighted by molar-refractivity contribution is -0.139. The summed E-state index contributed by atoms with van der Waals surface area (Å²) in [6.45, 7) is 5.68. The van der Waals surface area contributed by atoms with Gasteiger partial charge in [0, 0.05) is 18.3 Å². The number of amides is 2. The SMILES string of the molecule is CCOC(=O)C1=C(CN2CCCC[C@@H]2C)NC(=O)N[C@H]1c1ccco1. The quantitative estimate of drug-likeness (QED) is 0.799. The van der Waals surface area contributed by atoms with Gasteiger partial charge in [0.25, 0.3) is 0 Å². The van der Waals surface area contributed by atoms with Gasteiger partial charge in [0.15, 0.2) is 0 Å². The Hall–Kier alpha value is -2.28. The summed E-state index contributed by atoms with van der Waals surface area (Å²) in [5.74, 6) is 0.0816. The summed E-state index contributed by atoms with van der Waals surface area (Å²) in [5, 5.41) is 5.58. The van der Waals surface area contributed by atoms with Crippen LogP contribution in [0.3, 0.4) is 0 Å². The lowest BCUT2D eigenvalue weighted by Crippen LogP contribution is -2.50. The average molecular weight is 347 g/mol. The second-order valence-electron chi connectivity index (χ2n) is 6.47. The highest BCUT2D eigenvalue weighted by Gasteiger charge is 2.36. The number of piperidine rings is 1. The Morgan fingerprint density at radius 2 is 2.28 bits per heavy atom. The van der Waals surface area contributed by atoms with Crippen molar-refractivity contribution in [2.24, 2.45) is 0 Å². The van der Waals surface area contributed by atoms with Crippen LogP contribution in [0.25, 0.3) is 0 Å². The molecule has 3 heterocycles. The van der Waals surface area contributed by atoms with Gasteiger partial charge in [-0.2, -0.15) is 0 Å². The molecule has 136 valence electrons. The van der Waals surface area contributed by atoms with Crippen LogP contribution in [0.1, 0.15) is 44.9 Å². The molecule has 1 aromatic heterocycles.